The van der Waals surface area contributed by atoms with Crippen molar-refractivity contribution in [1.29, 1.82) is 0 Å². The highest BCUT2D eigenvalue weighted by molar-refractivity contribution is 9.10. The molecule has 5 nitrogen and oxygen atoms in total. The van der Waals surface area contributed by atoms with Gasteiger partial charge in [-0.05, 0) is 53.6 Å². The number of halogens is 1. The quantitative estimate of drug-likeness (QED) is 0.390. The molecule has 1 saturated heterocycles. The molecule has 1 saturated carbocycles. The molecule has 2 fully saturated rings. The molecule has 0 radical (unpaired) electrons. The Morgan fingerprint density at radius 2 is 1.72 bits per heavy atom. The number of allylic oxidation sites excluding steroid dienone is 2. The molecule has 0 spiro atoms. The van der Waals surface area contributed by atoms with Crippen LogP contribution >= 0.6 is 15.9 Å². The Morgan fingerprint density at radius 1 is 1.03 bits per heavy atom. The predicted octanol–water partition coefficient (Wildman–Crippen LogP) is 4.17. The molecule has 146 valence electrons. The van der Waals surface area contributed by atoms with Gasteiger partial charge in [-0.25, -0.2) is 0 Å². The summed E-state index contributed by atoms with van der Waals surface area (Å²) in [5, 5.41) is 5.29. The molecule has 2 aromatic rings. The number of carbonyl (C=O) groups is 2. The number of imide groups is 1. The van der Waals surface area contributed by atoms with Crippen molar-refractivity contribution in [1.82, 2.24) is 5.01 Å². The maximum Gasteiger partial charge on any atom is 0.254 e. The average Bonchev–Trinajstić information content (AvgIpc) is 3.41. The SMILES string of the molecule is O=C1[C@@H]2[C@H](C(=O)N1N=Cc1cccc(OCc3ccc(Br)cc3)c1)[C@H]1C=C[C@H]2C1. The summed E-state index contributed by atoms with van der Waals surface area (Å²) in [5.41, 5.74) is 1.84. The fourth-order valence-electron chi connectivity index (χ4n) is 4.56. The van der Waals surface area contributed by atoms with E-state index in [0.29, 0.717) is 12.4 Å². The molecule has 29 heavy (non-hydrogen) atoms. The molecule has 5 rings (SSSR count). The number of hydrazone groups is 1. The van der Waals surface area contributed by atoms with E-state index in [1.807, 2.05) is 48.5 Å². The number of benzene rings is 2. The molecule has 1 aliphatic heterocycles. The van der Waals surface area contributed by atoms with Gasteiger partial charge in [-0.2, -0.15) is 10.1 Å². The van der Waals surface area contributed by atoms with Gasteiger partial charge in [-0.3, -0.25) is 9.59 Å². The van der Waals surface area contributed by atoms with E-state index in [0.717, 1.165) is 27.0 Å². The molecule has 2 amide bonds. The maximum atomic E-state index is 12.7. The first kappa shape index (κ1) is 18.3. The monoisotopic (exact) mass is 450 g/mol. The summed E-state index contributed by atoms with van der Waals surface area (Å²) >= 11 is 3.42. The van der Waals surface area contributed by atoms with E-state index in [1.54, 1.807) is 6.21 Å². The van der Waals surface area contributed by atoms with E-state index in [-0.39, 0.29) is 35.5 Å². The first-order valence-corrected chi connectivity index (χ1v) is 10.5. The van der Waals surface area contributed by atoms with Gasteiger partial charge in [0.2, 0.25) is 0 Å². The summed E-state index contributed by atoms with van der Waals surface area (Å²) in [6.45, 7) is 0.454. The van der Waals surface area contributed by atoms with Gasteiger partial charge in [0, 0.05) is 4.47 Å². The Morgan fingerprint density at radius 3 is 2.41 bits per heavy atom. The van der Waals surface area contributed by atoms with Crippen LogP contribution in [-0.4, -0.2) is 23.0 Å². The summed E-state index contributed by atoms with van der Waals surface area (Å²) in [6.07, 6.45) is 6.63. The normalized spacial score (nSPS) is 27.3. The highest BCUT2D eigenvalue weighted by Gasteiger charge is 2.59. The number of rotatable bonds is 5. The Labute approximate surface area is 177 Å². The molecular formula is C23H19BrN2O3. The van der Waals surface area contributed by atoms with E-state index in [1.165, 1.54) is 0 Å². The Balaban J connectivity index is 1.27. The second-order valence-corrected chi connectivity index (χ2v) is 8.64. The highest BCUT2D eigenvalue weighted by Crippen LogP contribution is 2.52. The van der Waals surface area contributed by atoms with Gasteiger partial charge in [0.25, 0.3) is 11.8 Å². The molecule has 0 unspecified atom stereocenters. The Hall–Kier alpha value is -2.73. The molecule has 0 N–H and O–H groups in total. The van der Waals surface area contributed by atoms with Gasteiger partial charge in [-0.15, -0.1) is 0 Å². The minimum absolute atomic E-state index is 0.171. The van der Waals surface area contributed by atoms with Crippen LogP contribution in [0.15, 0.2) is 70.3 Å². The first-order valence-electron chi connectivity index (χ1n) is 9.67. The van der Waals surface area contributed by atoms with Crippen molar-refractivity contribution in [3.8, 4) is 5.75 Å². The number of nitrogens with zero attached hydrogens (tertiary/aromatic N) is 2. The van der Waals surface area contributed by atoms with Gasteiger partial charge in [0.15, 0.2) is 0 Å². The lowest BCUT2D eigenvalue weighted by atomic mass is 9.85. The number of carbonyl (C=O) groups excluding carboxylic acids is 2. The van der Waals surface area contributed by atoms with Crippen LogP contribution in [-0.2, 0) is 16.2 Å². The molecule has 2 aliphatic carbocycles. The van der Waals surface area contributed by atoms with Crippen molar-refractivity contribution in [2.24, 2.45) is 28.8 Å². The van der Waals surface area contributed by atoms with Crippen LogP contribution in [0.5, 0.6) is 5.75 Å². The molecule has 6 heteroatoms. The summed E-state index contributed by atoms with van der Waals surface area (Å²) in [4.78, 5) is 25.4. The largest absolute Gasteiger partial charge is 0.489 e. The number of fused-ring (bicyclic) bond motifs is 5. The average molecular weight is 451 g/mol. The third-order valence-electron chi connectivity index (χ3n) is 5.95. The zero-order valence-electron chi connectivity index (χ0n) is 15.6. The summed E-state index contributed by atoms with van der Waals surface area (Å²) < 4.78 is 6.88. The van der Waals surface area contributed by atoms with Crippen LogP contribution in [0.3, 0.4) is 0 Å². The number of hydrogen-bond donors (Lipinski definition) is 0. The molecule has 3 aliphatic rings. The zero-order valence-corrected chi connectivity index (χ0v) is 17.2. The Bertz CT molecular complexity index is 1000. The standard InChI is InChI=1S/C23H19BrN2O3/c24-18-8-4-14(5-9-18)13-29-19-3-1-2-15(10-19)12-25-26-22(27)20-16-6-7-17(11-16)21(20)23(26)28/h1-10,12,16-17,20-21H,11,13H2/t16-,17-,20-,21+/m0/s1. The predicted molar refractivity (Wildman–Crippen MR) is 112 cm³/mol. The number of amides is 2. The summed E-state index contributed by atoms with van der Waals surface area (Å²) in [5.74, 6) is 0.293. The van der Waals surface area contributed by atoms with Crippen LogP contribution in [0.2, 0.25) is 0 Å². The third kappa shape index (κ3) is 3.31. The lowest BCUT2D eigenvalue weighted by molar-refractivity contribution is -0.140. The zero-order chi connectivity index (χ0) is 20.0. The van der Waals surface area contributed by atoms with Gasteiger partial charge in [0.05, 0.1) is 18.1 Å². The molecule has 4 atom stereocenters. The topological polar surface area (TPSA) is 59.0 Å². The van der Waals surface area contributed by atoms with Crippen molar-refractivity contribution in [2.45, 2.75) is 13.0 Å². The van der Waals surface area contributed by atoms with Crippen LogP contribution in [0.25, 0.3) is 0 Å². The maximum absolute atomic E-state index is 12.7. The minimum atomic E-state index is -0.227. The highest BCUT2D eigenvalue weighted by atomic mass is 79.9. The van der Waals surface area contributed by atoms with E-state index in [4.69, 9.17) is 4.74 Å². The third-order valence-corrected chi connectivity index (χ3v) is 6.47. The van der Waals surface area contributed by atoms with Crippen molar-refractivity contribution in [2.75, 3.05) is 0 Å². The number of ether oxygens (including phenoxy) is 1. The second kappa shape index (κ2) is 7.26. The number of hydrogen-bond acceptors (Lipinski definition) is 4. The van der Waals surface area contributed by atoms with E-state index < -0.39 is 0 Å². The van der Waals surface area contributed by atoms with Gasteiger partial charge in [0.1, 0.15) is 12.4 Å². The molecule has 1 heterocycles. The van der Waals surface area contributed by atoms with Crippen molar-refractivity contribution >= 4 is 34.0 Å². The summed E-state index contributed by atoms with van der Waals surface area (Å²) in [6, 6.07) is 15.4. The second-order valence-electron chi connectivity index (χ2n) is 7.72. The van der Waals surface area contributed by atoms with E-state index in [2.05, 4.69) is 33.2 Å². The lowest BCUT2D eigenvalue weighted by Gasteiger charge is -2.13. The van der Waals surface area contributed by atoms with Crippen molar-refractivity contribution in [3.63, 3.8) is 0 Å². The van der Waals surface area contributed by atoms with Crippen molar-refractivity contribution < 1.29 is 14.3 Å². The fourth-order valence-corrected chi connectivity index (χ4v) is 4.82. The minimum Gasteiger partial charge on any atom is -0.489 e. The molecular weight excluding hydrogens is 432 g/mol. The van der Waals surface area contributed by atoms with Gasteiger partial charge >= 0.3 is 0 Å². The van der Waals surface area contributed by atoms with Crippen molar-refractivity contribution in [3.05, 3.63) is 76.3 Å². The lowest BCUT2D eigenvalue weighted by Crippen LogP contribution is -2.28. The van der Waals surface area contributed by atoms with E-state index >= 15 is 0 Å². The summed E-state index contributed by atoms with van der Waals surface area (Å²) in [7, 11) is 0. The van der Waals surface area contributed by atoms with Crippen LogP contribution < -0.4 is 4.74 Å². The molecule has 2 aromatic carbocycles. The molecule has 2 bridgehead atoms. The fraction of sp³-hybridized carbons (Fsp3) is 0.261. The first-order chi connectivity index (χ1) is 14.1. The van der Waals surface area contributed by atoms with Crippen LogP contribution in [0, 0.1) is 23.7 Å². The smallest absolute Gasteiger partial charge is 0.254 e. The van der Waals surface area contributed by atoms with Gasteiger partial charge < -0.3 is 4.74 Å². The Kier molecular flexibility index (Phi) is 4.59. The van der Waals surface area contributed by atoms with Crippen LogP contribution in [0.1, 0.15) is 17.5 Å². The molecule has 0 aromatic heterocycles. The van der Waals surface area contributed by atoms with Gasteiger partial charge in [-0.1, -0.05) is 52.3 Å². The van der Waals surface area contributed by atoms with E-state index in [9.17, 15) is 9.59 Å². The van der Waals surface area contributed by atoms with Crippen LogP contribution in [0.4, 0.5) is 0 Å².